The van der Waals surface area contributed by atoms with Gasteiger partial charge in [0.15, 0.2) is 0 Å². The Labute approximate surface area is 190 Å². The van der Waals surface area contributed by atoms with Crippen molar-refractivity contribution < 1.29 is 13.9 Å². The van der Waals surface area contributed by atoms with Gasteiger partial charge in [0.25, 0.3) is 0 Å². The second-order valence-electron chi connectivity index (χ2n) is 7.90. The van der Waals surface area contributed by atoms with Crippen LogP contribution in [0.25, 0.3) is 22.4 Å². The molecule has 0 atom stereocenters. The number of fused-ring (bicyclic) bond motifs is 1. The smallest absolute Gasteiger partial charge is 0.391 e. The molecular formula is C25H22FN5O2. The van der Waals surface area contributed by atoms with E-state index in [9.17, 15) is 9.18 Å². The molecule has 2 N–H and O–H groups in total. The Morgan fingerprint density at radius 1 is 1.03 bits per heavy atom. The van der Waals surface area contributed by atoms with Crippen molar-refractivity contribution in [2.24, 2.45) is 5.73 Å². The average Bonchev–Trinajstić information content (AvgIpc) is 3.19. The van der Waals surface area contributed by atoms with Crippen molar-refractivity contribution in [1.82, 2.24) is 19.7 Å². The van der Waals surface area contributed by atoms with Crippen LogP contribution in [0.1, 0.15) is 11.3 Å². The van der Waals surface area contributed by atoms with Gasteiger partial charge < -0.3 is 10.5 Å². The van der Waals surface area contributed by atoms with Crippen molar-refractivity contribution in [3.8, 4) is 28.3 Å². The molecule has 1 aliphatic rings. The molecule has 7 nitrogen and oxygen atoms in total. The van der Waals surface area contributed by atoms with Crippen LogP contribution in [0.3, 0.4) is 0 Å². The highest BCUT2D eigenvalue weighted by atomic mass is 19.1. The van der Waals surface area contributed by atoms with Crippen LogP contribution in [0.2, 0.25) is 0 Å². The summed E-state index contributed by atoms with van der Waals surface area (Å²) in [5.41, 5.74) is 10.7. The Kier molecular flexibility index (Phi) is 5.58. The third-order valence-electron chi connectivity index (χ3n) is 5.65. The number of primary amides is 1. The summed E-state index contributed by atoms with van der Waals surface area (Å²) < 4.78 is 20.6. The second-order valence-corrected chi connectivity index (χ2v) is 7.90. The summed E-state index contributed by atoms with van der Waals surface area (Å²) >= 11 is 0. The SMILES string of the molecule is NC(=O)Oc1cc(-c2c(-c3ccc(F)cc3)nn3c2CN(Cc2ccccc2)CC3)ccn1. The Balaban J connectivity index is 1.58. The van der Waals surface area contributed by atoms with Crippen LogP contribution in [-0.2, 0) is 19.6 Å². The Morgan fingerprint density at radius 3 is 2.58 bits per heavy atom. The maximum atomic E-state index is 13.6. The Hall–Kier alpha value is -4.04. The van der Waals surface area contributed by atoms with Crippen LogP contribution in [0.15, 0.2) is 72.9 Å². The molecule has 0 bridgehead atoms. The summed E-state index contributed by atoms with van der Waals surface area (Å²) in [5, 5.41) is 4.87. The maximum absolute atomic E-state index is 13.6. The molecule has 0 aliphatic carbocycles. The van der Waals surface area contributed by atoms with E-state index >= 15 is 0 Å². The lowest BCUT2D eigenvalue weighted by atomic mass is 9.98. The number of nitrogens with two attached hydrogens (primary N) is 1. The number of carbonyl (C=O) groups is 1. The molecule has 0 spiro atoms. The van der Waals surface area contributed by atoms with Gasteiger partial charge in [0.05, 0.1) is 12.2 Å². The van der Waals surface area contributed by atoms with Crippen molar-refractivity contribution in [2.45, 2.75) is 19.6 Å². The van der Waals surface area contributed by atoms with E-state index in [-0.39, 0.29) is 11.7 Å². The molecule has 1 aliphatic heterocycles. The standard InChI is InChI=1S/C25H22FN5O2/c26-20-8-6-18(7-9-20)24-23(19-10-11-28-22(14-19)33-25(27)32)21-16-30(12-13-31(21)29-24)15-17-4-2-1-3-5-17/h1-11,14H,12-13,15-16H2,(H2,27,32). The van der Waals surface area contributed by atoms with Gasteiger partial charge in [-0.05, 0) is 41.5 Å². The molecule has 0 saturated heterocycles. The molecule has 2 aromatic carbocycles. The van der Waals surface area contributed by atoms with E-state index in [4.69, 9.17) is 15.6 Å². The van der Waals surface area contributed by atoms with Gasteiger partial charge in [-0.15, -0.1) is 0 Å². The first-order valence-corrected chi connectivity index (χ1v) is 10.6. The largest absolute Gasteiger partial charge is 0.411 e. The number of pyridine rings is 1. The zero-order chi connectivity index (χ0) is 22.8. The Morgan fingerprint density at radius 2 is 1.82 bits per heavy atom. The van der Waals surface area contributed by atoms with Gasteiger partial charge in [-0.25, -0.2) is 14.2 Å². The molecule has 33 heavy (non-hydrogen) atoms. The third kappa shape index (κ3) is 4.47. The lowest BCUT2D eigenvalue weighted by Crippen LogP contribution is -2.33. The average molecular weight is 443 g/mol. The minimum absolute atomic E-state index is 0.113. The minimum Gasteiger partial charge on any atom is -0.391 e. The van der Waals surface area contributed by atoms with Gasteiger partial charge in [-0.3, -0.25) is 9.58 Å². The fourth-order valence-electron chi connectivity index (χ4n) is 4.18. The Bertz CT molecular complexity index is 1290. The van der Waals surface area contributed by atoms with Crippen molar-refractivity contribution in [3.05, 3.63) is 90.0 Å². The van der Waals surface area contributed by atoms with Crippen LogP contribution >= 0.6 is 0 Å². The zero-order valence-electron chi connectivity index (χ0n) is 17.8. The van der Waals surface area contributed by atoms with Gasteiger partial charge >= 0.3 is 6.09 Å². The highest BCUT2D eigenvalue weighted by molar-refractivity contribution is 5.83. The molecule has 1 amide bonds. The second kappa shape index (κ2) is 8.84. The molecule has 0 unspecified atom stereocenters. The molecule has 0 saturated carbocycles. The van der Waals surface area contributed by atoms with E-state index < -0.39 is 6.09 Å². The predicted molar refractivity (Wildman–Crippen MR) is 122 cm³/mol. The number of nitrogens with zero attached hydrogens (tertiary/aromatic N) is 4. The first-order valence-electron chi connectivity index (χ1n) is 10.6. The predicted octanol–water partition coefficient (Wildman–Crippen LogP) is 4.22. The van der Waals surface area contributed by atoms with Crippen LogP contribution in [0.4, 0.5) is 9.18 Å². The van der Waals surface area contributed by atoms with E-state index in [0.717, 1.165) is 47.7 Å². The van der Waals surface area contributed by atoms with E-state index in [0.29, 0.717) is 6.54 Å². The number of halogens is 1. The summed E-state index contributed by atoms with van der Waals surface area (Å²) in [5.74, 6) is -0.193. The molecule has 2 aromatic heterocycles. The van der Waals surface area contributed by atoms with Crippen molar-refractivity contribution in [3.63, 3.8) is 0 Å². The molecule has 0 fully saturated rings. The molecule has 3 heterocycles. The zero-order valence-corrected chi connectivity index (χ0v) is 17.8. The molecule has 4 aromatic rings. The maximum Gasteiger partial charge on any atom is 0.411 e. The van der Waals surface area contributed by atoms with Crippen LogP contribution < -0.4 is 10.5 Å². The van der Waals surface area contributed by atoms with Crippen LogP contribution in [-0.4, -0.2) is 32.3 Å². The normalized spacial score (nSPS) is 13.5. The quantitative estimate of drug-likeness (QED) is 0.499. The number of hydrogen-bond acceptors (Lipinski definition) is 5. The number of hydrogen-bond donors (Lipinski definition) is 1. The van der Waals surface area contributed by atoms with Crippen molar-refractivity contribution >= 4 is 6.09 Å². The highest BCUT2D eigenvalue weighted by Gasteiger charge is 2.26. The highest BCUT2D eigenvalue weighted by Crippen LogP contribution is 2.37. The summed E-state index contributed by atoms with van der Waals surface area (Å²) in [6.07, 6.45) is 0.640. The lowest BCUT2D eigenvalue weighted by Gasteiger charge is -2.28. The van der Waals surface area contributed by atoms with E-state index in [2.05, 4.69) is 22.0 Å². The minimum atomic E-state index is -0.926. The molecular weight excluding hydrogens is 421 g/mol. The third-order valence-corrected chi connectivity index (χ3v) is 5.65. The fourth-order valence-corrected chi connectivity index (χ4v) is 4.18. The summed E-state index contributed by atoms with van der Waals surface area (Å²) in [4.78, 5) is 17.7. The molecule has 8 heteroatoms. The van der Waals surface area contributed by atoms with Gasteiger partial charge in [0.2, 0.25) is 5.88 Å². The topological polar surface area (TPSA) is 86.3 Å². The summed E-state index contributed by atoms with van der Waals surface area (Å²) in [6, 6.07) is 20.1. The fraction of sp³-hybridized carbons (Fsp3) is 0.160. The van der Waals surface area contributed by atoms with Crippen molar-refractivity contribution in [1.29, 1.82) is 0 Å². The van der Waals surface area contributed by atoms with Gasteiger partial charge in [-0.1, -0.05) is 30.3 Å². The number of carbonyl (C=O) groups excluding carboxylic acids is 1. The number of aromatic nitrogens is 3. The van der Waals surface area contributed by atoms with E-state index in [1.165, 1.54) is 17.7 Å². The first-order chi connectivity index (χ1) is 16.1. The summed E-state index contributed by atoms with van der Waals surface area (Å²) in [6.45, 7) is 3.10. The molecule has 0 radical (unpaired) electrons. The number of ether oxygens (including phenoxy) is 1. The number of rotatable bonds is 5. The molecule has 166 valence electrons. The number of benzene rings is 2. The van der Waals surface area contributed by atoms with Gasteiger partial charge in [0.1, 0.15) is 11.5 Å². The monoisotopic (exact) mass is 443 g/mol. The van der Waals surface area contributed by atoms with Gasteiger partial charge in [0, 0.05) is 43.0 Å². The first kappa shape index (κ1) is 20.8. The van der Waals surface area contributed by atoms with E-state index in [1.807, 2.05) is 28.9 Å². The van der Waals surface area contributed by atoms with E-state index in [1.54, 1.807) is 24.4 Å². The molecule has 5 rings (SSSR count). The summed E-state index contributed by atoms with van der Waals surface area (Å²) in [7, 11) is 0. The van der Waals surface area contributed by atoms with Gasteiger partial charge in [-0.2, -0.15) is 5.10 Å². The van der Waals surface area contributed by atoms with Crippen LogP contribution in [0.5, 0.6) is 5.88 Å². The van der Waals surface area contributed by atoms with Crippen LogP contribution in [0, 0.1) is 5.82 Å². The van der Waals surface area contributed by atoms with Crippen molar-refractivity contribution in [2.75, 3.05) is 6.54 Å². The number of amides is 1. The lowest BCUT2D eigenvalue weighted by molar-refractivity contribution is 0.205.